The molecule has 8 aliphatic rings. The van der Waals surface area contributed by atoms with Crippen molar-refractivity contribution in [2.75, 3.05) is 102 Å². The van der Waals surface area contributed by atoms with E-state index >= 15 is 0 Å². The standard InChI is InChI=1S/C31H42N6.C17H20N4.C3H8O2/c1-18-9-34-15-32(22(18)5)11-24-7-26-13-37-17-36(30(26)20(3)28(24)34)14-27-8-25-12-33-16-35(10-19(2)23(33)6)29(25)21(4)31(27)37;1-10-14(18)5-3-12-7-21-9-20(16(10)12)8-13-4-6-15(19)11(2)17(13)21;1-4-3-5-2/h7-8,18-19,22-23H,9-17H2,1-6H3;3-6H,7-9,18-19H2,1-2H3;3H2,1-2H3. The summed E-state index contributed by atoms with van der Waals surface area (Å²) in [4.78, 5) is 20.9. The van der Waals surface area contributed by atoms with Gasteiger partial charge in [-0.3, -0.25) is 9.80 Å². The van der Waals surface area contributed by atoms with Crippen molar-refractivity contribution in [2.24, 2.45) is 11.8 Å². The fourth-order valence-corrected chi connectivity index (χ4v) is 12.6. The lowest BCUT2D eigenvalue weighted by atomic mass is 9.87. The molecule has 4 aromatic rings. The maximum atomic E-state index is 6.10. The summed E-state index contributed by atoms with van der Waals surface area (Å²) >= 11 is 0. The van der Waals surface area contributed by atoms with Crippen LogP contribution in [0.25, 0.3) is 0 Å². The van der Waals surface area contributed by atoms with E-state index in [2.05, 4.69) is 128 Å². The van der Waals surface area contributed by atoms with Crippen LogP contribution in [0.3, 0.4) is 0 Å². The topological polar surface area (TPSA) is 96.4 Å². The van der Waals surface area contributed by atoms with Gasteiger partial charge in [-0.2, -0.15) is 0 Å². The first-order chi connectivity index (χ1) is 30.3. The second-order valence-electron chi connectivity index (χ2n) is 20.0. The van der Waals surface area contributed by atoms with Crippen molar-refractivity contribution in [3.63, 3.8) is 0 Å². The molecule has 0 radical (unpaired) electrons. The van der Waals surface area contributed by atoms with Gasteiger partial charge in [-0.15, -0.1) is 0 Å². The molecule has 6 atom stereocenters. The highest BCUT2D eigenvalue weighted by molar-refractivity contribution is 5.83. The summed E-state index contributed by atoms with van der Waals surface area (Å²) in [7, 11) is 3.17. The van der Waals surface area contributed by atoms with Gasteiger partial charge in [0.1, 0.15) is 6.79 Å². The van der Waals surface area contributed by atoms with Gasteiger partial charge >= 0.3 is 0 Å². The number of hydrogen-bond donors (Lipinski definition) is 2. The van der Waals surface area contributed by atoms with E-state index in [1.54, 1.807) is 25.3 Å². The molecule has 8 heterocycles. The Morgan fingerprint density at radius 3 is 1.14 bits per heavy atom. The number of fused-ring (bicyclic) bond motifs is 20. The van der Waals surface area contributed by atoms with Crippen LogP contribution in [-0.2, 0) is 48.7 Å². The molecule has 12 rings (SSSR count). The summed E-state index contributed by atoms with van der Waals surface area (Å²) in [6.07, 6.45) is 0. The summed E-state index contributed by atoms with van der Waals surface area (Å²) in [5, 5.41) is 0. The van der Waals surface area contributed by atoms with Gasteiger partial charge in [-0.25, -0.2) is 0 Å². The average Bonchev–Trinajstić information content (AvgIpc) is 3.25. The maximum Gasteiger partial charge on any atom is 0.145 e. The molecule has 0 amide bonds. The number of hydrogen-bond acceptors (Lipinski definition) is 12. The van der Waals surface area contributed by atoms with E-state index in [4.69, 9.17) is 11.5 Å². The van der Waals surface area contributed by atoms with Crippen LogP contribution in [0.2, 0.25) is 0 Å². The Hall–Kier alpha value is -4.88. The molecular weight excluding hydrogens is 785 g/mol. The molecule has 8 bridgehead atoms. The number of rotatable bonds is 2. The number of benzene rings is 4. The van der Waals surface area contributed by atoms with Crippen molar-refractivity contribution in [1.82, 2.24) is 9.80 Å². The summed E-state index contributed by atoms with van der Waals surface area (Å²) in [6, 6.07) is 14.8. The maximum absolute atomic E-state index is 6.10. The van der Waals surface area contributed by atoms with Crippen molar-refractivity contribution >= 4 is 45.5 Å². The molecule has 2 saturated heterocycles. The zero-order valence-electron chi connectivity index (χ0n) is 39.5. The van der Waals surface area contributed by atoms with E-state index in [9.17, 15) is 0 Å². The number of nitrogen functional groups attached to an aromatic ring is 2. The minimum atomic E-state index is 0.389. The van der Waals surface area contributed by atoms with Crippen LogP contribution in [0, 0.1) is 39.5 Å². The highest BCUT2D eigenvalue weighted by Gasteiger charge is 2.42. The second kappa shape index (κ2) is 16.0. The molecule has 0 aliphatic carbocycles. The molecule has 0 saturated carbocycles. The van der Waals surface area contributed by atoms with Gasteiger partial charge in [0.25, 0.3) is 0 Å². The SMILES string of the molecule is COCOC.Cc1c(N)ccc2c1N1Cc3ccc(N)c(C)c3N(C2)C1.Cc1c2c(cc3c1N1CC(C)C(C)N(C3)C1)CN1CN2Cc2cc3c(c(C)c21)N1CC(C)C(C)N(C3)C1. The van der Waals surface area contributed by atoms with E-state index in [-0.39, 0.29) is 0 Å². The van der Waals surface area contributed by atoms with E-state index < -0.39 is 0 Å². The third-order valence-electron chi connectivity index (χ3n) is 16.0. The number of nitrogens with zero attached hydrogens (tertiary/aromatic N) is 8. The first kappa shape index (κ1) is 42.1. The van der Waals surface area contributed by atoms with E-state index in [1.807, 2.05) is 12.1 Å². The normalized spacial score (nSPS) is 25.3. The zero-order chi connectivity index (χ0) is 44.2. The minimum Gasteiger partial charge on any atom is -0.398 e. The summed E-state index contributed by atoms with van der Waals surface area (Å²) in [5.74, 6) is 1.42. The zero-order valence-corrected chi connectivity index (χ0v) is 39.5. The van der Waals surface area contributed by atoms with Crippen LogP contribution in [0.15, 0.2) is 36.4 Å². The Labute approximate surface area is 375 Å². The Kier molecular flexibility index (Phi) is 10.7. The molecule has 2 fully saturated rings. The molecule has 4 aromatic carbocycles. The van der Waals surface area contributed by atoms with Gasteiger partial charge in [-0.1, -0.05) is 26.0 Å². The Morgan fingerprint density at radius 2 is 0.778 bits per heavy atom. The van der Waals surface area contributed by atoms with Gasteiger partial charge in [0, 0.05) is 124 Å². The fourth-order valence-electron chi connectivity index (χ4n) is 12.6. The number of methoxy groups -OCH3 is 2. The molecule has 12 nitrogen and oxygen atoms in total. The van der Waals surface area contributed by atoms with E-state index in [1.165, 1.54) is 91.7 Å². The predicted octanol–water partition coefficient (Wildman–Crippen LogP) is 7.84. The van der Waals surface area contributed by atoms with Crippen molar-refractivity contribution in [3.05, 3.63) is 92.0 Å². The summed E-state index contributed by atoms with van der Waals surface area (Å²) in [5.41, 5.74) is 36.9. The molecular formula is C51H70N10O2. The summed E-state index contributed by atoms with van der Waals surface area (Å²) < 4.78 is 8.94. The van der Waals surface area contributed by atoms with Gasteiger partial charge in [0.15, 0.2) is 0 Å². The first-order valence-electron chi connectivity index (χ1n) is 23.3. The quantitative estimate of drug-likeness (QED) is 0.152. The highest BCUT2D eigenvalue weighted by atomic mass is 16.6. The molecule has 8 aliphatic heterocycles. The van der Waals surface area contributed by atoms with Crippen LogP contribution in [0.1, 0.15) is 83.3 Å². The molecule has 12 heteroatoms. The largest absolute Gasteiger partial charge is 0.398 e. The monoisotopic (exact) mass is 855 g/mol. The third-order valence-corrected chi connectivity index (χ3v) is 16.0. The number of ether oxygens (including phenoxy) is 2. The number of nitrogens with two attached hydrogens (primary N) is 2. The van der Waals surface area contributed by atoms with Gasteiger partial charge < -0.3 is 50.3 Å². The molecule has 0 aromatic heterocycles. The second-order valence-corrected chi connectivity index (χ2v) is 20.0. The lowest BCUT2D eigenvalue weighted by molar-refractivity contribution is -0.00272. The minimum absolute atomic E-state index is 0.389. The predicted molar refractivity (Wildman–Crippen MR) is 260 cm³/mol. The van der Waals surface area contributed by atoms with Crippen molar-refractivity contribution in [3.8, 4) is 0 Å². The van der Waals surface area contributed by atoms with Gasteiger partial charge in [-0.05, 0) is 133 Å². The van der Waals surface area contributed by atoms with Crippen molar-refractivity contribution < 1.29 is 9.47 Å². The molecule has 63 heavy (non-hydrogen) atoms. The summed E-state index contributed by atoms with van der Waals surface area (Å²) in [6.45, 7) is 31.7. The van der Waals surface area contributed by atoms with Gasteiger partial charge in [0.05, 0.1) is 26.7 Å². The van der Waals surface area contributed by atoms with Gasteiger partial charge in [0.2, 0.25) is 0 Å². The van der Waals surface area contributed by atoms with Crippen molar-refractivity contribution in [2.45, 2.75) is 107 Å². The van der Waals surface area contributed by atoms with Crippen LogP contribution >= 0.6 is 0 Å². The molecule has 6 unspecified atom stereocenters. The Balaban J connectivity index is 0.000000153. The molecule has 4 N–H and O–H groups in total. The number of anilines is 8. The van der Waals surface area contributed by atoms with Crippen LogP contribution in [0.5, 0.6) is 0 Å². The average molecular weight is 855 g/mol. The van der Waals surface area contributed by atoms with E-state index in [0.29, 0.717) is 30.7 Å². The highest BCUT2D eigenvalue weighted by Crippen LogP contribution is 2.50. The third kappa shape index (κ3) is 6.85. The smallest absolute Gasteiger partial charge is 0.145 e. The van der Waals surface area contributed by atoms with Crippen LogP contribution in [0.4, 0.5) is 45.5 Å². The van der Waals surface area contributed by atoms with Crippen LogP contribution < -0.4 is 40.9 Å². The fraction of sp³-hybridized carbons (Fsp3) is 0.529. The van der Waals surface area contributed by atoms with Crippen LogP contribution in [-0.4, -0.2) is 82.7 Å². The van der Waals surface area contributed by atoms with Crippen molar-refractivity contribution in [1.29, 1.82) is 0 Å². The lowest BCUT2D eigenvalue weighted by Crippen LogP contribution is -2.57. The molecule has 336 valence electrons. The Bertz CT molecular complexity index is 2290. The Morgan fingerprint density at radius 1 is 0.444 bits per heavy atom. The first-order valence-corrected chi connectivity index (χ1v) is 23.3. The lowest BCUT2D eigenvalue weighted by Gasteiger charge is -2.53. The molecule has 0 spiro atoms. The van der Waals surface area contributed by atoms with E-state index in [0.717, 1.165) is 77.3 Å².